The Kier molecular flexibility index (Phi) is 5.26. The van der Waals surface area contributed by atoms with Crippen LogP contribution in [0.25, 0.3) is 27.3 Å². The molecule has 32 heavy (non-hydrogen) atoms. The second kappa shape index (κ2) is 8.37. The summed E-state index contributed by atoms with van der Waals surface area (Å²) in [4.78, 5) is 5.91. The lowest BCUT2D eigenvalue weighted by molar-refractivity contribution is 0.871. The van der Waals surface area contributed by atoms with Crippen LogP contribution < -0.4 is 5.32 Å². The fourth-order valence-electron chi connectivity index (χ4n) is 3.75. The van der Waals surface area contributed by atoms with E-state index in [0.29, 0.717) is 0 Å². The van der Waals surface area contributed by atoms with Crippen molar-refractivity contribution in [3.8, 4) is 34.0 Å². The first kappa shape index (κ1) is 20.1. The van der Waals surface area contributed by atoms with Crippen LogP contribution in [-0.4, -0.2) is 9.38 Å². The average Bonchev–Trinajstić information content (AvgIpc) is 3.17. The molecule has 1 atom stereocenters. The zero-order valence-corrected chi connectivity index (χ0v) is 18.9. The van der Waals surface area contributed by atoms with Gasteiger partial charge in [0.15, 0.2) is 0 Å². The van der Waals surface area contributed by atoms with E-state index in [-0.39, 0.29) is 6.04 Å². The molecule has 1 N–H and O–H groups in total. The molecule has 0 saturated carbocycles. The molecule has 0 fully saturated rings. The molecule has 0 amide bonds. The Morgan fingerprint density at radius 2 is 1.78 bits per heavy atom. The summed E-state index contributed by atoms with van der Waals surface area (Å²) in [6, 6.07) is 25.2. The third-order valence-corrected chi connectivity index (χ3v) is 6.50. The second-order valence-corrected chi connectivity index (χ2v) is 8.82. The molecule has 3 aromatic heterocycles. The third-order valence-electron chi connectivity index (χ3n) is 5.58. The van der Waals surface area contributed by atoms with Crippen LogP contribution in [0.15, 0.2) is 84.4 Å². The number of aryl methyl sites for hydroxylation is 1. The van der Waals surface area contributed by atoms with E-state index in [4.69, 9.17) is 11.4 Å². The minimum absolute atomic E-state index is 0.144. The maximum Gasteiger partial charge on any atom is 0.140 e. The number of terminal acetylenes is 1. The number of pyridine rings is 1. The highest BCUT2D eigenvalue weighted by Crippen LogP contribution is 2.36. The first-order valence-electron chi connectivity index (χ1n) is 10.6. The molecule has 156 valence electrons. The molecule has 4 aromatic rings. The van der Waals surface area contributed by atoms with Crippen molar-refractivity contribution in [1.82, 2.24) is 9.38 Å². The van der Waals surface area contributed by atoms with Gasteiger partial charge in [-0.2, -0.15) is 0 Å². The van der Waals surface area contributed by atoms with Gasteiger partial charge >= 0.3 is 0 Å². The molecule has 0 spiro atoms. The molecule has 3 nitrogen and oxygen atoms in total. The fraction of sp³-hybridized carbons (Fsp3) is 0.107. The topological polar surface area (TPSA) is 29.3 Å². The lowest BCUT2D eigenvalue weighted by Gasteiger charge is -2.16. The molecule has 0 bridgehead atoms. The van der Waals surface area contributed by atoms with Crippen LogP contribution in [-0.2, 0) is 0 Å². The molecule has 0 saturated heterocycles. The monoisotopic (exact) mass is 433 g/mol. The van der Waals surface area contributed by atoms with E-state index in [1.165, 1.54) is 22.3 Å². The van der Waals surface area contributed by atoms with Crippen LogP contribution >= 0.6 is 11.3 Å². The number of rotatable bonds is 4. The molecule has 3 heterocycles. The lowest BCUT2D eigenvalue weighted by Crippen LogP contribution is -2.09. The van der Waals surface area contributed by atoms with E-state index < -0.39 is 0 Å². The predicted molar refractivity (Wildman–Crippen MR) is 135 cm³/mol. The Balaban J connectivity index is 0.000000306. The normalized spacial score (nSPS) is 11.9. The zero-order valence-electron chi connectivity index (χ0n) is 18.0. The van der Waals surface area contributed by atoms with E-state index in [0.717, 1.165) is 27.6 Å². The molecular formula is C28H23N3S. The lowest BCUT2D eigenvalue weighted by atomic mass is 10.1. The Morgan fingerprint density at radius 1 is 1.00 bits per heavy atom. The summed E-state index contributed by atoms with van der Waals surface area (Å²) in [5, 5.41) is 5.67. The summed E-state index contributed by atoms with van der Waals surface area (Å²) in [6.45, 7) is 4.23. The number of hydrogen-bond donors (Lipinski definition) is 1. The molecule has 0 radical (unpaired) electrons. The smallest absolute Gasteiger partial charge is 0.140 e. The molecular weight excluding hydrogens is 410 g/mol. The number of nitrogens with one attached hydrogen (secondary N) is 1. The van der Waals surface area contributed by atoms with Crippen LogP contribution in [0, 0.1) is 19.3 Å². The first-order valence-corrected chi connectivity index (χ1v) is 11.5. The van der Waals surface area contributed by atoms with Crippen molar-refractivity contribution >= 4 is 22.8 Å². The van der Waals surface area contributed by atoms with Crippen molar-refractivity contribution in [3.05, 3.63) is 101 Å². The van der Waals surface area contributed by atoms with Gasteiger partial charge in [-0.1, -0.05) is 54.5 Å². The van der Waals surface area contributed by atoms with Crippen molar-refractivity contribution in [1.29, 1.82) is 0 Å². The van der Waals surface area contributed by atoms with Gasteiger partial charge in [-0.15, -0.1) is 17.8 Å². The average molecular weight is 434 g/mol. The number of benzene rings is 2. The van der Waals surface area contributed by atoms with E-state index in [1.807, 2.05) is 17.5 Å². The molecule has 0 aliphatic heterocycles. The van der Waals surface area contributed by atoms with E-state index in [1.54, 1.807) is 11.3 Å². The summed E-state index contributed by atoms with van der Waals surface area (Å²) in [5.74, 6) is 3.74. The summed E-state index contributed by atoms with van der Waals surface area (Å²) in [6.07, 6.45) is 7.75. The standard InChI is InChI=1S/C22H19N3S.C6H4/c1-4-17-11-13-26-21(17)20-22(23-16(3)18-8-6-5-7-9-18)25-12-10-15(2)14-19(25)24-20;1-2-5-4-6(5)3-1/h1,5-14,16,23H,2-3H3;1-4H. The maximum absolute atomic E-state index is 5.69. The minimum atomic E-state index is 0.144. The largest absolute Gasteiger partial charge is 0.363 e. The van der Waals surface area contributed by atoms with Gasteiger partial charge < -0.3 is 5.32 Å². The van der Waals surface area contributed by atoms with Gasteiger partial charge in [0.1, 0.15) is 17.2 Å². The van der Waals surface area contributed by atoms with E-state index in [2.05, 4.69) is 96.3 Å². The van der Waals surface area contributed by atoms with Crippen molar-refractivity contribution < 1.29 is 0 Å². The summed E-state index contributed by atoms with van der Waals surface area (Å²) in [5.41, 5.74) is 7.96. The molecule has 2 aliphatic rings. The minimum Gasteiger partial charge on any atom is -0.363 e. The fourth-order valence-corrected chi connectivity index (χ4v) is 4.60. The van der Waals surface area contributed by atoms with Gasteiger partial charge in [-0.3, -0.25) is 4.40 Å². The maximum atomic E-state index is 5.69. The van der Waals surface area contributed by atoms with Gasteiger partial charge in [0, 0.05) is 17.8 Å². The number of thiophene rings is 1. The SMILES string of the molecule is C#Cc1ccsc1-c1nc2cc(C)ccn2c1NC(C)c1ccccc1.c1cc2cc-2c1. The van der Waals surface area contributed by atoms with Crippen LogP contribution in [0.5, 0.6) is 0 Å². The predicted octanol–water partition coefficient (Wildman–Crippen LogP) is 7.19. The van der Waals surface area contributed by atoms with Gasteiger partial charge in [-0.05, 0) is 65.7 Å². The Morgan fingerprint density at radius 3 is 2.44 bits per heavy atom. The van der Waals surface area contributed by atoms with Crippen molar-refractivity contribution in [2.75, 3.05) is 5.32 Å². The highest BCUT2D eigenvalue weighted by molar-refractivity contribution is 7.13. The van der Waals surface area contributed by atoms with E-state index in [9.17, 15) is 0 Å². The Hall–Kier alpha value is -3.81. The molecule has 1 aromatic carbocycles. The number of imidazole rings is 1. The first-order chi connectivity index (χ1) is 15.6. The number of hydrogen-bond acceptors (Lipinski definition) is 3. The zero-order chi connectivity index (χ0) is 22.1. The van der Waals surface area contributed by atoms with Crippen molar-refractivity contribution in [2.45, 2.75) is 19.9 Å². The van der Waals surface area contributed by atoms with Gasteiger partial charge in [0.2, 0.25) is 0 Å². The third kappa shape index (κ3) is 3.91. The van der Waals surface area contributed by atoms with Crippen LogP contribution in [0.1, 0.15) is 29.7 Å². The highest BCUT2D eigenvalue weighted by Gasteiger charge is 2.19. The molecule has 1 unspecified atom stereocenters. The van der Waals surface area contributed by atoms with Gasteiger partial charge in [0.25, 0.3) is 0 Å². The van der Waals surface area contributed by atoms with Crippen LogP contribution in [0.3, 0.4) is 0 Å². The number of nitrogens with zero attached hydrogens (tertiary/aromatic N) is 2. The van der Waals surface area contributed by atoms with Gasteiger partial charge in [0.05, 0.1) is 4.88 Å². The van der Waals surface area contributed by atoms with Crippen molar-refractivity contribution in [3.63, 3.8) is 0 Å². The highest BCUT2D eigenvalue weighted by atomic mass is 32.1. The van der Waals surface area contributed by atoms with Crippen LogP contribution in [0.4, 0.5) is 5.82 Å². The number of aromatic nitrogens is 2. The second-order valence-electron chi connectivity index (χ2n) is 7.91. The molecule has 6 rings (SSSR count). The molecule has 4 heteroatoms. The number of fused-ring (bicyclic) bond motifs is 2. The van der Waals surface area contributed by atoms with Crippen molar-refractivity contribution in [2.24, 2.45) is 0 Å². The summed E-state index contributed by atoms with van der Waals surface area (Å²) in [7, 11) is 0. The van der Waals surface area contributed by atoms with Crippen LogP contribution in [0.2, 0.25) is 0 Å². The molecule has 2 aliphatic carbocycles. The summed E-state index contributed by atoms with van der Waals surface area (Å²) < 4.78 is 2.10. The summed E-state index contributed by atoms with van der Waals surface area (Å²) >= 11 is 1.63. The Labute approximate surface area is 192 Å². The van der Waals surface area contributed by atoms with Gasteiger partial charge in [-0.25, -0.2) is 4.98 Å². The Bertz CT molecular complexity index is 1420. The van der Waals surface area contributed by atoms with E-state index >= 15 is 0 Å². The quantitative estimate of drug-likeness (QED) is 0.298. The number of anilines is 1.